The van der Waals surface area contributed by atoms with Gasteiger partial charge < -0.3 is 10.4 Å². The Morgan fingerprint density at radius 3 is 2.53 bits per heavy atom. The zero-order chi connectivity index (χ0) is 30.6. The lowest BCUT2D eigenvalue weighted by atomic mass is 9.93. The first-order chi connectivity index (χ1) is 20.6. The number of carbonyl (C=O) groups excluding carboxylic acids is 1. The van der Waals surface area contributed by atoms with Crippen LogP contribution in [-0.4, -0.2) is 45.0 Å². The number of hydrogen-bond donors (Lipinski definition) is 2. The number of halogens is 2. The van der Waals surface area contributed by atoms with Crippen LogP contribution in [0, 0.1) is 21.7 Å². The van der Waals surface area contributed by atoms with E-state index in [1.54, 1.807) is 30.3 Å². The molecule has 0 bridgehead atoms. The summed E-state index contributed by atoms with van der Waals surface area (Å²) in [5, 5.41) is 33.1. The second-order valence-corrected chi connectivity index (χ2v) is 9.41. The van der Waals surface area contributed by atoms with E-state index in [4.69, 9.17) is 0 Å². The molecule has 1 atom stereocenters. The molecule has 15 heteroatoms. The molecule has 0 aliphatic rings. The molecule has 218 valence electrons. The molecule has 5 rings (SSSR count). The molecule has 0 aliphatic heterocycles. The van der Waals surface area contributed by atoms with E-state index in [1.807, 2.05) is 0 Å². The molecular formula is C28H22F2N8O5. The maximum Gasteiger partial charge on any atom is 0.350 e. The van der Waals surface area contributed by atoms with Gasteiger partial charge in [-0.2, -0.15) is 10.2 Å². The number of hydrogen-bond acceptors (Lipinski definition) is 8. The zero-order valence-electron chi connectivity index (χ0n) is 22.1. The van der Waals surface area contributed by atoms with Crippen LogP contribution >= 0.6 is 0 Å². The fourth-order valence-electron chi connectivity index (χ4n) is 4.34. The number of rotatable bonds is 10. The summed E-state index contributed by atoms with van der Waals surface area (Å²) < 4.78 is 31.7. The van der Waals surface area contributed by atoms with Gasteiger partial charge >= 0.3 is 5.69 Å². The maximum atomic E-state index is 14.7. The van der Waals surface area contributed by atoms with E-state index in [0.717, 1.165) is 16.8 Å². The van der Waals surface area contributed by atoms with Crippen LogP contribution in [0.3, 0.4) is 0 Å². The van der Waals surface area contributed by atoms with Gasteiger partial charge in [-0.15, -0.1) is 0 Å². The molecular weight excluding hydrogens is 566 g/mol. The minimum atomic E-state index is -2.05. The van der Waals surface area contributed by atoms with Crippen LogP contribution in [-0.2, 0) is 23.5 Å². The number of amides is 1. The van der Waals surface area contributed by atoms with Gasteiger partial charge in [0.2, 0.25) is 5.91 Å². The zero-order valence-corrected chi connectivity index (χ0v) is 22.1. The number of nitro groups is 1. The normalized spacial score (nSPS) is 12.7. The largest absolute Gasteiger partial charge is 0.381 e. The minimum absolute atomic E-state index is 0.0979. The highest BCUT2D eigenvalue weighted by Crippen LogP contribution is 2.28. The lowest BCUT2D eigenvalue weighted by Crippen LogP contribution is -2.41. The minimum Gasteiger partial charge on any atom is -0.381 e. The predicted octanol–water partition coefficient (Wildman–Crippen LogP) is 3.05. The number of benzene rings is 3. The first-order valence-electron chi connectivity index (χ1n) is 12.6. The van der Waals surface area contributed by atoms with Crippen molar-refractivity contribution in [2.45, 2.75) is 18.7 Å². The molecule has 1 amide bonds. The molecule has 0 aliphatic carbocycles. The molecule has 2 aromatic heterocycles. The quantitative estimate of drug-likeness (QED) is 0.143. The van der Waals surface area contributed by atoms with Crippen molar-refractivity contribution < 1.29 is 23.6 Å². The summed E-state index contributed by atoms with van der Waals surface area (Å²) in [7, 11) is 0. The van der Waals surface area contributed by atoms with Crippen molar-refractivity contribution >= 4 is 23.4 Å². The Balaban J connectivity index is 1.32. The molecule has 1 unspecified atom stereocenters. The fourth-order valence-corrected chi connectivity index (χ4v) is 4.34. The monoisotopic (exact) mass is 588 g/mol. The number of anilines is 1. The Morgan fingerprint density at radius 1 is 1.05 bits per heavy atom. The Bertz CT molecular complexity index is 1870. The third-order valence-electron chi connectivity index (χ3n) is 6.39. The Kier molecular flexibility index (Phi) is 7.98. The van der Waals surface area contributed by atoms with E-state index < -0.39 is 40.3 Å². The van der Waals surface area contributed by atoms with Crippen molar-refractivity contribution in [2.75, 3.05) is 5.32 Å². The summed E-state index contributed by atoms with van der Waals surface area (Å²) in [5.41, 5.74) is -1.80. The lowest BCUT2D eigenvalue weighted by molar-refractivity contribution is -0.384. The first-order valence-corrected chi connectivity index (χ1v) is 12.6. The van der Waals surface area contributed by atoms with E-state index in [9.17, 15) is 33.6 Å². The van der Waals surface area contributed by atoms with Gasteiger partial charge in [0.25, 0.3) is 5.69 Å². The van der Waals surface area contributed by atoms with Crippen molar-refractivity contribution in [3.63, 3.8) is 0 Å². The third-order valence-corrected chi connectivity index (χ3v) is 6.39. The molecule has 13 nitrogen and oxygen atoms in total. The SMILES string of the molecule is O=C(/C=C/c1cccc([N+](=O)[O-])c1)Nc1ccc(-n2cnn(CC(O)(Cn3cncn3)c3ccc(F)cc3F)c2=O)cc1. The van der Waals surface area contributed by atoms with Crippen LogP contribution in [0.1, 0.15) is 11.1 Å². The number of carbonyl (C=O) groups is 1. The molecule has 0 spiro atoms. The van der Waals surface area contributed by atoms with Gasteiger partial charge in [0, 0.05) is 35.5 Å². The third kappa shape index (κ3) is 6.57. The summed E-state index contributed by atoms with van der Waals surface area (Å²) in [5.74, 6) is -2.32. The highest BCUT2D eigenvalue weighted by atomic mass is 19.1. The van der Waals surface area contributed by atoms with Crippen molar-refractivity contribution in [3.8, 4) is 5.69 Å². The summed E-state index contributed by atoms with van der Waals surface area (Å²) in [6, 6.07) is 14.7. The van der Waals surface area contributed by atoms with Crippen LogP contribution in [0.2, 0.25) is 0 Å². The van der Waals surface area contributed by atoms with Crippen LogP contribution in [0.25, 0.3) is 11.8 Å². The van der Waals surface area contributed by atoms with Gasteiger partial charge in [0.05, 0.1) is 23.7 Å². The molecule has 2 N–H and O–H groups in total. The van der Waals surface area contributed by atoms with Gasteiger partial charge in [-0.05, 0) is 42.0 Å². The van der Waals surface area contributed by atoms with Gasteiger partial charge in [-0.1, -0.05) is 18.2 Å². The van der Waals surface area contributed by atoms with Crippen LogP contribution in [0.4, 0.5) is 20.2 Å². The summed E-state index contributed by atoms with van der Waals surface area (Å²) >= 11 is 0. The number of aliphatic hydroxyl groups is 1. The van der Waals surface area contributed by atoms with E-state index in [0.29, 0.717) is 23.0 Å². The Hall–Kier alpha value is -5.83. The van der Waals surface area contributed by atoms with Crippen molar-refractivity contribution in [1.82, 2.24) is 29.1 Å². The number of nitro benzene ring substituents is 1. The molecule has 2 heterocycles. The van der Waals surface area contributed by atoms with E-state index >= 15 is 0 Å². The predicted molar refractivity (Wildman–Crippen MR) is 149 cm³/mol. The number of non-ortho nitro benzene ring substituents is 1. The van der Waals surface area contributed by atoms with E-state index in [2.05, 4.69) is 20.5 Å². The lowest BCUT2D eigenvalue weighted by Gasteiger charge is -2.28. The fraction of sp³-hybridized carbons (Fsp3) is 0.107. The van der Waals surface area contributed by atoms with Crippen molar-refractivity contribution in [1.29, 1.82) is 0 Å². The van der Waals surface area contributed by atoms with Crippen LogP contribution in [0.5, 0.6) is 0 Å². The number of aromatic nitrogens is 6. The standard InChI is InChI=1S/C28H22F2N8O5/c29-20-5-10-24(25(30)13-20)28(41,14-35-17-31-16-32-35)15-37-27(40)36(18-33-37)22-8-6-21(7-9-22)34-26(39)11-4-19-2-1-3-23(12-19)38(42)43/h1-13,16-18,41H,14-15H2,(H,34,39)/b11-4+. The van der Waals surface area contributed by atoms with Gasteiger partial charge in [-0.3, -0.25) is 14.9 Å². The molecule has 3 aromatic carbocycles. The second-order valence-electron chi connectivity index (χ2n) is 9.41. The molecule has 0 fully saturated rings. The molecule has 0 saturated carbocycles. The van der Waals surface area contributed by atoms with Gasteiger partial charge in [0.1, 0.15) is 36.2 Å². The second kappa shape index (κ2) is 12.0. The average Bonchev–Trinajstić information content (AvgIpc) is 3.61. The summed E-state index contributed by atoms with van der Waals surface area (Å²) in [4.78, 5) is 39.8. The molecule has 0 saturated heterocycles. The van der Waals surface area contributed by atoms with E-state index in [1.165, 1.54) is 58.6 Å². The van der Waals surface area contributed by atoms with Gasteiger partial charge in [0.15, 0.2) is 0 Å². The molecule has 43 heavy (non-hydrogen) atoms. The Morgan fingerprint density at radius 2 is 1.84 bits per heavy atom. The van der Waals surface area contributed by atoms with Crippen LogP contribution < -0.4 is 11.0 Å². The smallest absolute Gasteiger partial charge is 0.350 e. The Labute approximate surface area is 241 Å². The topological polar surface area (TPSA) is 163 Å². The summed E-state index contributed by atoms with van der Waals surface area (Å²) in [6.07, 6.45) is 6.41. The average molecular weight is 589 g/mol. The van der Waals surface area contributed by atoms with Crippen LogP contribution in [0.15, 0.2) is 96.6 Å². The highest BCUT2D eigenvalue weighted by Gasteiger charge is 2.35. The van der Waals surface area contributed by atoms with Gasteiger partial charge in [-0.25, -0.2) is 32.5 Å². The first kappa shape index (κ1) is 28.7. The highest BCUT2D eigenvalue weighted by molar-refractivity contribution is 6.02. The number of nitrogens with zero attached hydrogens (tertiary/aromatic N) is 7. The molecule has 0 radical (unpaired) electrons. The van der Waals surface area contributed by atoms with Crippen molar-refractivity contribution in [3.05, 3.63) is 135 Å². The molecule has 5 aromatic rings. The van der Waals surface area contributed by atoms with Crippen molar-refractivity contribution in [2.24, 2.45) is 0 Å². The van der Waals surface area contributed by atoms with E-state index in [-0.39, 0.29) is 17.8 Å². The summed E-state index contributed by atoms with van der Waals surface area (Å²) in [6.45, 7) is -0.800. The maximum absolute atomic E-state index is 14.7. The number of nitrogens with one attached hydrogen (secondary N) is 1.